The van der Waals surface area contributed by atoms with Crippen molar-refractivity contribution in [3.8, 4) is 0 Å². The fraction of sp³-hybridized carbons (Fsp3) is 0.944. The number of halogens is 9. The summed E-state index contributed by atoms with van der Waals surface area (Å²) in [6.07, 6.45) is -19.3. The highest BCUT2D eigenvalue weighted by molar-refractivity contribution is 5.77. The maximum absolute atomic E-state index is 13.1. The molecule has 5 atom stereocenters. The molecule has 0 amide bonds. The molecule has 4 nitrogen and oxygen atoms in total. The van der Waals surface area contributed by atoms with Crippen LogP contribution in [0.3, 0.4) is 0 Å². The van der Waals surface area contributed by atoms with Crippen LogP contribution in [0.2, 0.25) is 0 Å². The van der Waals surface area contributed by atoms with E-state index in [2.05, 4.69) is 4.74 Å². The number of hydrogen-bond acceptors (Lipinski definition) is 4. The number of fused-ring (bicyclic) bond motifs is 2. The van der Waals surface area contributed by atoms with Gasteiger partial charge in [0, 0.05) is 0 Å². The van der Waals surface area contributed by atoms with E-state index in [0.29, 0.717) is 6.92 Å². The fourth-order valence-electron chi connectivity index (χ4n) is 4.42. The smallest absolute Gasteiger partial charge is 0.426 e. The van der Waals surface area contributed by atoms with E-state index in [-0.39, 0.29) is 25.2 Å². The Morgan fingerprint density at radius 3 is 1.90 bits per heavy atom. The van der Waals surface area contributed by atoms with Crippen molar-refractivity contribution in [2.45, 2.75) is 76.2 Å². The van der Waals surface area contributed by atoms with Gasteiger partial charge >= 0.3 is 24.5 Å². The summed E-state index contributed by atoms with van der Waals surface area (Å²) >= 11 is 0. The van der Waals surface area contributed by atoms with Gasteiger partial charge in [-0.15, -0.1) is 0 Å². The quantitative estimate of drug-likeness (QED) is 0.315. The molecular weight excluding hydrogens is 451 g/mol. The topological polar surface area (TPSA) is 55.8 Å². The number of rotatable bonds is 7. The number of carbonyl (C=O) groups excluding carboxylic acids is 1. The molecule has 0 spiro atoms. The van der Waals surface area contributed by atoms with Gasteiger partial charge in [-0.1, -0.05) is 6.92 Å². The Morgan fingerprint density at radius 1 is 0.935 bits per heavy atom. The van der Waals surface area contributed by atoms with Crippen molar-refractivity contribution < 1.29 is 58.9 Å². The van der Waals surface area contributed by atoms with Crippen LogP contribution in [0.25, 0.3) is 0 Å². The minimum Gasteiger partial charge on any atom is -0.438 e. The van der Waals surface area contributed by atoms with Crippen LogP contribution < -0.4 is 0 Å². The maximum atomic E-state index is 13.1. The zero-order valence-corrected chi connectivity index (χ0v) is 16.6. The molecule has 0 aromatic rings. The molecule has 0 aromatic heterocycles. The molecule has 2 saturated carbocycles. The lowest BCUT2D eigenvalue weighted by Crippen LogP contribution is -2.58. The van der Waals surface area contributed by atoms with Gasteiger partial charge in [-0.2, -0.15) is 39.5 Å². The van der Waals surface area contributed by atoms with Gasteiger partial charge < -0.3 is 14.6 Å². The highest BCUT2D eigenvalue weighted by Gasteiger charge is 2.71. The van der Waals surface area contributed by atoms with Crippen molar-refractivity contribution in [3.05, 3.63) is 0 Å². The third-order valence-electron chi connectivity index (χ3n) is 6.64. The van der Waals surface area contributed by atoms with Gasteiger partial charge in [0.1, 0.15) is 0 Å². The molecule has 2 aliphatic carbocycles. The average Bonchev–Trinajstić information content (AvgIpc) is 3.17. The fourth-order valence-corrected chi connectivity index (χ4v) is 4.42. The van der Waals surface area contributed by atoms with E-state index in [9.17, 15) is 49.4 Å². The van der Waals surface area contributed by atoms with Crippen LogP contribution in [-0.4, -0.2) is 48.1 Å². The molecule has 0 saturated heterocycles. The Bertz CT molecular complexity index is 644. The number of ether oxygens (including phenoxy) is 2. The number of aliphatic hydroxyl groups is 1. The van der Waals surface area contributed by atoms with Crippen molar-refractivity contribution in [2.75, 3.05) is 6.79 Å². The van der Waals surface area contributed by atoms with E-state index < -0.39 is 73.1 Å². The average molecular weight is 474 g/mol. The Morgan fingerprint density at radius 2 is 1.48 bits per heavy atom. The highest BCUT2D eigenvalue weighted by atomic mass is 19.4. The van der Waals surface area contributed by atoms with Crippen LogP contribution in [0.1, 0.15) is 46.0 Å². The lowest BCUT2D eigenvalue weighted by Gasteiger charge is -2.38. The summed E-state index contributed by atoms with van der Waals surface area (Å²) in [6, 6.07) is 0. The zero-order chi connectivity index (χ0) is 24.0. The lowest BCUT2D eigenvalue weighted by molar-refractivity contribution is -0.373. The van der Waals surface area contributed by atoms with E-state index in [1.54, 1.807) is 0 Å². The molecule has 13 heteroatoms. The highest BCUT2D eigenvalue weighted by Crippen LogP contribution is 2.56. The maximum Gasteiger partial charge on any atom is 0.426 e. The second-order valence-electron chi connectivity index (χ2n) is 8.50. The molecule has 2 fully saturated rings. The third kappa shape index (κ3) is 4.76. The van der Waals surface area contributed by atoms with Crippen LogP contribution in [0.5, 0.6) is 0 Å². The van der Waals surface area contributed by atoms with E-state index >= 15 is 0 Å². The van der Waals surface area contributed by atoms with Crippen LogP contribution in [0.4, 0.5) is 39.5 Å². The van der Waals surface area contributed by atoms with Gasteiger partial charge in [0.25, 0.3) is 5.60 Å². The molecule has 0 radical (unpaired) electrons. The Labute approximate surface area is 172 Å². The molecular formula is C18H23F9O4. The van der Waals surface area contributed by atoms with E-state index in [0.717, 1.165) is 6.92 Å². The SMILES string of the molecule is CCC(C)(C(=O)OCOC1CC2CC(CC(O)(C(F)(F)F)C(F)(F)F)C1C2)C(F)(F)F. The first-order chi connectivity index (χ1) is 13.9. The monoisotopic (exact) mass is 474 g/mol. The molecule has 2 aliphatic rings. The molecule has 31 heavy (non-hydrogen) atoms. The van der Waals surface area contributed by atoms with E-state index in [4.69, 9.17) is 4.74 Å². The molecule has 5 unspecified atom stereocenters. The third-order valence-corrected chi connectivity index (χ3v) is 6.64. The molecule has 0 heterocycles. The van der Waals surface area contributed by atoms with Crippen LogP contribution in [0.15, 0.2) is 0 Å². The second-order valence-corrected chi connectivity index (χ2v) is 8.50. The summed E-state index contributed by atoms with van der Waals surface area (Å²) in [7, 11) is 0. The largest absolute Gasteiger partial charge is 0.438 e. The first-order valence-electron chi connectivity index (χ1n) is 9.58. The van der Waals surface area contributed by atoms with Crippen molar-refractivity contribution in [1.29, 1.82) is 0 Å². The minimum absolute atomic E-state index is 0.0285. The number of carbonyl (C=O) groups is 1. The van der Waals surface area contributed by atoms with E-state index in [1.165, 1.54) is 0 Å². The summed E-state index contributed by atoms with van der Waals surface area (Å²) < 4.78 is 127. The van der Waals surface area contributed by atoms with E-state index in [1.807, 2.05) is 0 Å². The Balaban J connectivity index is 2.01. The lowest BCUT2D eigenvalue weighted by atomic mass is 9.78. The van der Waals surface area contributed by atoms with Crippen molar-refractivity contribution >= 4 is 5.97 Å². The van der Waals surface area contributed by atoms with Crippen LogP contribution in [-0.2, 0) is 14.3 Å². The summed E-state index contributed by atoms with van der Waals surface area (Å²) in [5.41, 5.74) is -7.65. The predicted molar refractivity (Wildman–Crippen MR) is 86.3 cm³/mol. The molecule has 0 aliphatic heterocycles. The number of esters is 1. The number of alkyl halides is 9. The van der Waals surface area contributed by atoms with Crippen LogP contribution >= 0.6 is 0 Å². The van der Waals surface area contributed by atoms with Gasteiger partial charge in [-0.3, -0.25) is 4.79 Å². The van der Waals surface area contributed by atoms with Crippen molar-refractivity contribution in [1.82, 2.24) is 0 Å². The van der Waals surface area contributed by atoms with Gasteiger partial charge in [0.15, 0.2) is 12.2 Å². The molecule has 1 N–H and O–H groups in total. The van der Waals surface area contributed by atoms with Gasteiger partial charge in [0.2, 0.25) is 0 Å². The Kier molecular flexibility index (Phi) is 6.94. The Hall–Kier alpha value is -1.24. The summed E-state index contributed by atoms with van der Waals surface area (Å²) in [6.45, 7) is 0.879. The minimum atomic E-state index is -5.93. The number of hydrogen-bond donors (Lipinski definition) is 1. The molecule has 182 valence electrons. The summed E-state index contributed by atoms with van der Waals surface area (Å²) in [5.74, 6) is -3.79. The standard InChI is InChI=1S/C18H23F9O4/c1-3-14(2,16(19,20)21)13(28)31-8-30-12-6-9-4-10(11(12)5-9)7-15(29,17(22,23)24)18(25,26)27/h9-12,29H,3-8H2,1-2H3. The first-order valence-corrected chi connectivity index (χ1v) is 9.58. The van der Waals surface area contributed by atoms with Crippen molar-refractivity contribution in [3.63, 3.8) is 0 Å². The second kappa shape index (κ2) is 8.27. The molecule has 2 bridgehead atoms. The van der Waals surface area contributed by atoms with Crippen molar-refractivity contribution in [2.24, 2.45) is 23.2 Å². The van der Waals surface area contributed by atoms with Gasteiger partial charge in [-0.05, 0) is 56.8 Å². The normalized spacial score (nSPS) is 29.2. The molecule has 0 aromatic carbocycles. The zero-order valence-electron chi connectivity index (χ0n) is 16.6. The first kappa shape index (κ1) is 26.0. The molecule has 2 rings (SSSR count). The van der Waals surface area contributed by atoms with Gasteiger partial charge in [0.05, 0.1) is 6.10 Å². The predicted octanol–water partition coefficient (Wildman–Crippen LogP) is 5.14. The summed E-state index contributed by atoms with van der Waals surface area (Å²) in [5, 5.41) is 9.43. The van der Waals surface area contributed by atoms with Crippen LogP contribution in [0, 0.1) is 23.2 Å². The summed E-state index contributed by atoms with van der Waals surface area (Å²) in [4.78, 5) is 11.8. The van der Waals surface area contributed by atoms with Gasteiger partial charge in [-0.25, -0.2) is 0 Å².